The Labute approximate surface area is 110 Å². The normalized spacial score (nSPS) is 12.0. The molecule has 1 heterocycles. The Morgan fingerprint density at radius 3 is 2.58 bits per heavy atom. The first-order valence-electron chi connectivity index (χ1n) is 5.70. The second-order valence-electron chi connectivity index (χ2n) is 4.39. The molecule has 7 heteroatoms. The maximum absolute atomic E-state index is 13.5. The Bertz CT molecular complexity index is 680. The molecule has 2 rings (SSSR count). The molecule has 0 aliphatic rings. The molecule has 0 aliphatic carbocycles. The molecule has 0 aliphatic heterocycles. The Hall–Kier alpha value is -1.76. The van der Waals surface area contributed by atoms with Crippen LogP contribution in [0.1, 0.15) is 31.5 Å². The van der Waals surface area contributed by atoms with Crippen LogP contribution in [0.3, 0.4) is 0 Å². The molecule has 0 fully saturated rings. The molecule has 1 aromatic heterocycles. The summed E-state index contributed by atoms with van der Waals surface area (Å²) in [5.41, 5.74) is 0. The van der Waals surface area contributed by atoms with Crippen LogP contribution in [0.2, 0.25) is 0 Å². The smallest absolute Gasteiger partial charge is 0.242 e. The fourth-order valence-electron chi connectivity index (χ4n) is 1.50. The van der Waals surface area contributed by atoms with Gasteiger partial charge in [0.2, 0.25) is 5.89 Å². The van der Waals surface area contributed by atoms with Gasteiger partial charge in [0.05, 0.1) is 0 Å². The molecule has 0 bridgehead atoms. The summed E-state index contributed by atoms with van der Waals surface area (Å²) in [7, 11) is -3.83. The number of halogens is 1. The topological polar surface area (TPSA) is 73.1 Å². The molecule has 0 amide bonds. The second kappa shape index (κ2) is 5.08. The van der Waals surface area contributed by atoms with Crippen LogP contribution in [-0.4, -0.2) is 18.6 Å². The number of hydrogen-bond donors (Lipinski definition) is 0. The maximum atomic E-state index is 13.5. The van der Waals surface area contributed by atoms with E-state index in [4.69, 9.17) is 4.52 Å². The summed E-state index contributed by atoms with van der Waals surface area (Å²) < 4.78 is 42.4. The van der Waals surface area contributed by atoms with Crippen molar-refractivity contribution < 1.29 is 17.3 Å². The van der Waals surface area contributed by atoms with Crippen LogP contribution >= 0.6 is 0 Å². The molecule has 102 valence electrons. The second-order valence-corrected chi connectivity index (χ2v) is 6.35. The van der Waals surface area contributed by atoms with E-state index in [0.29, 0.717) is 5.82 Å². The highest BCUT2D eigenvalue weighted by atomic mass is 32.2. The van der Waals surface area contributed by atoms with Crippen molar-refractivity contribution in [1.82, 2.24) is 10.1 Å². The maximum Gasteiger partial charge on any atom is 0.242 e. The lowest BCUT2D eigenvalue weighted by molar-refractivity contribution is 0.380. The van der Waals surface area contributed by atoms with Crippen LogP contribution in [0.15, 0.2) is 33.7 Å². The Morgan fingerprint density at radius 2 is 2.00 bits per heavy atom. The fraction of sp³-hybridized carbons (Fsp3) is 0.333. The van der Waals surface area contributed by atoms with Crippen molar-refractivity contribution in [2.75, 3.05) is 0 Å². The summed E-state index contributed by atoms with van der Waals surface area (Å²) in [6.07, 6.45) is 0. The van der Waals surface area contributed by atoms with Gasteiger partial charge in [-0.1, -0.05) is 31.1 Å². The van der Waals surface area contributed by atoms with Crippen LogP contribution in [0, 0.1) is 5.82 Å². The molecular formula is C12H13FN2O3S. The molecule has 1 aromatic carbocycles. The Morgan fingerprint density at radius 1 is 1.32 bits per heavy atom. The van der Waals surface area contributed by atoms with Gasteiger partial charge in [0.15, 0.2) is 15.7 Å². The van der Waals surface area contributed by atoms with Gasteiger partial charge in [0.25, 0.3) is 0 Å². The van der Waals surface area contributed by atoms with Gasteiger partial charge in [0, 0.05) is 5.92 Å². The predicted octanol–water partition coefficient (Wildman–Crippen LogP) is 2.31. The number of nitrogens with zero attached hydrogens (tertiary/aromatic N) is 2. The average Bonchev–Trinajstić information content (AvgIpc) is 2.77. The molecule has 0 N–H and O–H groups in total. The number of aromatic nitrogens is 2. The third-order valence-electron chi connectivity index (χ3n) is 2.49. The van der Waals surface area contributed by atoms with Crippen LogP contribution < -0.4 is 0 Å². The van der Waals surface area contributed by atoms with Gasteiger partial charge in [-0.2, -0.15) is 4.98 Å². The zero-order valence-electron chi connectivity index (χ0n) is 10.5. The lowest BCUT2D eigenvalue weighted by atomic mass is 10.2. The Balaban J connectivity index is 2.29. The van der Waals surface area contributed by atoms with E-state index in [1.54, 1.807) is 0 Å². The van der Waals surface area contributed by atoms with Crippen molar-refractivity contribution in [1.29, 1.82) is 0 Å². The van der Waals surface area contributed by atoms with E-state index >= 15 is 0 Å². The zero-order valence-corrected chi connectivity index (χ0v) is 11.3. The average molecular weight is 284 g/mol. The summed E-state index contributed by atoms with van der Waals surface area (Å²) >= 11 is 0. The highest BCUT2D eigenvalue weighted by Crippen LogP contribution is 2.19. The van der Waals surface area contributed by atoms with E-state index in [-0.39, 0.29) is 16.7 Å². The minimum Gasteiger partial charge on any atom is -0.338 e. The highest BCUT2D eigenvalue weighted by molar-refractivity contribution is 7.90. The quantitative estimate of drug-likeness (QED) is 0.861. The van der Waals surface area contributed by atoms with Gasteiger partial charge in [-0.3, -0.25) is 0 Å². The number of sulfone groups is 1. The van der Waals surface area contributed by atoms with Gasteiger partial charge in [-0.25, -0.2) is 12.8 Å². The number of benzene rings is 1. The van der Waals surface area contributed by atoms with Crippen molar-refractivity contribution in [2.24, 2.45) is 0 Å². The number of rotatable bonds is 4. The molecule has 0 radical (unpaired) electrons. The van der Waals surface area contributed by atoms with Crippen molar-refractivity contribution in [3.05, 3.63) is 41.8 Å². The monoisotopic (exact) mass is 284 g/mol. The van der Waals surface area contributed by atoms with E-state index in [9.17, 15) is 12.8 Å². The van der Waals surface area contributed by atoms with Crippen molar-refractivity contribution in [2.45, 2.75) is 30.4 Å². The molecular weight excluding hydrogens is 271 g/mol. The lowest BCUT2D eigenvalue weighted by Crippen LogP contribution is -2.07. The number of hydrogen-bond acceptors (Lipinski definition) is 5. The standard InChI is InChI=1S/C12H13FN2O3S/c1-8(2)12-14-11(18-15-12)7-19(16,17)10-6-4-3-5-9(10)13/h3-6,8H,7H2,1-2H3. The summed E-state index contributed by atoms with van der Waals surface area (Å²) in [6.45, 7) is 3.72. The zero-order chi connectivity index (χ0) is 14.0. The van der Waals surface area contributed by atoms with Gasteiger partial charge < -0.3 is 4.52 Å². The third-order valence-corrected chi connectivity index (χ3v) is 4.11. The first kappa shape index (κ1) is 13.7. The van der Waals surface area contributed by atoms with Gasteiger partial charge in [-0.05, 0) is 12.1 Å². The first-order valence-corrected chi connectivity index (χ1v) is 7.35. The molecule has 0 saturated carbocycles. The van der Waals surface area contributed by atoms with Gasteiger partial charge in [-0.15, -0.1) is 0 Å². The largest absolute Gasteiger partial charge is 0.338 e. The summed E-state index contributed by atoms with van der Waals surface area (Å²) in [5, 5.41) is 3.67. The van der Waals surface area contributed by atoms with E-state index in [2.05, 4.69) is 10.1 Å². The SMILES string of the molecule is CC(C)c1noc(CS(=O)(=O)c2ccccc2F)n1. The van der Waals surface area contributed by atoms with Gasteiger partial charge >= 0.3 is 0 Å². The summed E-state index contributed by atoms with van der Waals surface area (Å²) in [5.74, 6) is -0.862. The van der Waals surface area contributed by atoms with E-state index in [0.717, 1.165) is 6.07 Å². The molecule has 0 saturated heterocycles. The Kier molecular flexibility index (Phi) is 3.66. The van der Waals surface area contributed by atoms with Crippen LogP contribution in [-0.2, 0) is 15.6 Å². The van der Waals surface area contributed by atoms with Crippen molar-refractivity contribution in [3.8, 4) is 0 Å². The van der Waals surface area contributed by atoms with Crippen LogP contribution in [0.4, 0.5) is 4.39 Å². The third kappa shape index (κ3) is 2.98. The van der Waals surface area contributed by atoms with Crippen molar-refractivity contribution in [3.63, 3.8) is 0 Å². The lowest BCUT2D eigenvalue weighted by Gasteiger charge is -2.02. The van der Waals surface area contributed by atoms with E-state index in [1.807, 2.05) is 13.8 Å². The summed E-state index contributed by atoms with van der Waals surface area (Å²) in [4.78, 5) is 3.61. The first-order chi connectivity index (χ1) is 8.90. The fourth-order valence-corrected chi connectivity index (χ4v) is 2.75. The molecule has 2 aromatic rings. The minimum atomic E-state index is -3.83. The summed E-state index contributed by atoms with van der Waals surface area (Å²) in [6, 6.07) is 5.20. The molecule has 0 unspecified atom stereocenters. The predicted molar refractivity (Wildman–Crippen MR) is 65.7 cm³/mol. The molecule has 0 atom stereocenters. The van der Waals surface area contributed by atoms with Crippen LogP contribution in [0.25, 0.3) is 0 Å². The van der Waals surface area contributed by atoms with E-state index < -0.39 is 21.4 Å². The molecule has 5 nitrogen and oxygen atoms in total. The van der Waals surface area contributed by atoms with E-state index in [1.165, 1.54) is 18.2 Å². The van der Waals surface area contributed by atoms with Crippen molar-refractivity contribution >= 4 is 9.84 Å². The van der Waals surface area contributed by atoms with Crippen LogP contribution in [0.5, 0.6) is 0 Å². The molecule has 19 heavy (non-hydrogen) atoms. The minimum absolute atomic E-state index is 0.0352. The van der Waals surface area contributed by atoms with Gasteiger partial charge in [0.1, 0.15) is 16.5 Å². The highest BCUT2D eigenvalue weighted by Gasteiger charge is 2.23. The molecule has 0 spiro atoms.